The predicted molar refractivity (Wildman–Crippen MR) is 98.2 cm³/mol. The highest BCUT2D eigenvalue weighted by Crippen LogP contribution is 2.34. The van der Waals surface area contributed by atoms with Gasteiger partial charge in [-0.2, -0.15) is 9.49 Å². The van der Waals surface area contributed by atoms with Gasteiger partial charge >= 0.3 is 17.6 Å². The van der Waals surface area contributed by atoms with E-state index in [1.807, 2.05) is 0 Å². The van der Waals surface area contributed by atoms with Crippen LogP contribution in [0.15, 0.2) is 42.5 Å². The average Bonchev–Trinajstić information content (AvgIpc) is 3.13. The molecule has 0 aliphatic carbocycles. The number of carbonyl (C=O) groups is 2. The summed E-state index contributed by atoms with van der Waals surface area (Å²) >= 11 is 0. The lowest BCUT2D eigenvalue weighted by Gasteiger charge is -2.07. The molecule has 0 atom stereocenters. The molecule has 1 aromatic heterocycles. The Morgan fingerprint density at radius 1 is 1.03 bits per heavy atom. The van der Waals surface area contributed by atoms with Crippen molar-refractivity contribution in [1.82, 2.24) is 9.78 Å². The molecule has 0 bridgehead atoms. The van der Waals surface area contributed by atoms with E-state index in [9.17, 15) is 28.5 Å². The highest BCUT2D eigenvalue weighted by molar-refractivity contribution is 6.07. The molecule has 0 saturated carbocycles. The van der Waals surface area contributed by atoms with Crippen molar-refractivity contribution >= 4 is 17.6 Å². The molecule has 0 saturated heterocycles. The van der Waals surface area contributed by atoms with E-state index in [2.05, 4.69) is 5.10 Å². The van der Waals surface area contributed by atoms with E-state index < -0.39 is 56.7 Å². The number of nitro groups is 1. The highest BCUT2D eigenvalue weighted by atomic mass is 19.1. The second-order valence-electron chi connectivity index (χ2n) is 5.84. The number of rotatable bonds is 5. The van der Waals surface area contributed by atoms with E-state index in [1.54, 1.807) is 30.3 Å². The standard InChI is InChI=1S/C19H13F2N3O6/c1-29-18(25)15-16(11-8-14(24(27)28)13(21)9-12(11)20)22-23(17(15)19(26)30-2)10-6-4-3-5-7-10/h3-9H,1-2H3. The quantitative estimate of drug-likeness (QED) is 0.355. The summed E-state index contributed by atoms with van der Waals surface area (Å²) in [5.74, 6) is -4.69. The summed E-state index contributed by atoms with van der Waals surface area (Å²) in [6.07, 6.45) is 0. The lowest BCUT2D eigenvalue weighted by atomic mass is 10.0. The molecular weight excluding hydrogens is 404 g/mol. The number of aromatic nitrogens is 2. The number of halogens is 2. The first-order valence-corrected chi connectivity index (χ1v) is 8.29. The van der Waals surface area contributed by atoms with Gasteiger partial charge in [0.25, 0.3) is 0 Å². The van der Waals surface area contributed by atoms with Gasteiger partial charge in [0.1, 0.15) is 17.1 Å². The molecule has 0 N–H and O–H groups in total. The third kappa shape index (κ3) is 3.48. The Balaban J connectivity index is 2.42. The molecule has 30 heavy (non-hydrogen) atoms. The average molecular weight is 417 g/mol. The Kier molecular flexibility index (Phi) is 5.54. The Labute approximate surface area is 167 Å². The second kappa shape index (κ2) is 8.07. The molecule has 0 aliphatic heterocycles. The van der Waals surface area contributed by atoms with E-state index in [1.165, 1.54) is 0 Å². The molecule has 0 radical (unpaired) electrons. The maximum Gasteiger partial charge on any atom is 0.357 e. The summed E-state index contributed by atoms with van der Waals surface area (Å²) in [7, 11) is 2.09. The fraction of sp³-hybridized carbons (Fsp3) is 0.105. The monoisotopic (exact) mass is 417 g/mol. The molecule has 154 valence electrons. The van der Waals surface area contributed by atoms with Crippen LogP contribution in [0.1, 0.15) is 20.8 Å². The summed E-state index contributed by atoms with van der Waals surface area (Å²) in [4.78, 5) is 35.0. The van der Waals surface area contributed by atoms with Crippen molar-refractivity contribution in [2.45, 2.75) is 0 Å². The van der Waals surface area contributed by atoms with Crippen LogP contribution in [0.4, 0.5) is 14.5 Å². The van der Waals surface area contributed by atoms with Crippen LogP contribution in [0, 0.1) is 21.7 Å². The van der Waals surface area contributed by atoms with Crippen LogP contribution >= 0.6 is 0 Å². The van der Waals surface area contributed by atoms with E-state index in [0.717, 1.165) is 18.9 Å². The Hall–Kier alpha value is -4.15. The van der Waals surface area contributed by atoms with Crippen molar-refractivity contribution in [2.24, 2.45) is 0 Å². The largest absolute Gasteiger partial charge is 0.465 e. The summed E-state index contributed by atoms with van der Waals surface area (Å²) in [5, 5.41) is 15.2. The fourth-order valence-electron chi connectivity index (χ4n) is 2.80. The van der Waals surface area contributed by atoms with E-state index in [4.69, 9.17) is 9.47 Å². The molecule has 1 heterocycles. The van der Waals surface area contributed by atoms with Gasteiger partial charge in [-0.1, -0.05) is 18.2 Å². The first kappa shape index (κ1) is 20.6. The number of hydrogen-bond donors (Lipinski definition) is 0. The first-order chi connectivity index (χ1) is 14.3. The number of methoxy groups -OCH3 is 2. The minimum atomic E-state index is -1.41. The van der Waals surface area contributed by atoms with Gasteiger partial charge in [-0.25, -0.2) is 18.7 Å². The molecular formula is C19H13F2N3O6. The number of hydrogen-bond acceptors (Lipinski definition) is 7. The van der Waals surface area contributed by atoms with Gasteiger partial charge in [0.15, 0.2) is 5.69 Å². The normalized spacial score (nSPS) is 10.5. The van der Waals surface area contributed by atoms with Crippen LogP contribution in [0.25, 0.3) is 16.9 Å². The zero-order chi connectivity index (χ0) is 22.0. The molecule has 0 unspecified atom stereocenters. The molecule has 0 fully saturated rings. The number of esters is 2. The summed E-state index contributed by atoms with van der Waals surface area (Å²) in [5.41, 5.74) is -2.62. The molecule has 0 spiro atoms. The zero-order valence-corrected chi connectivity index (χ0v) is 15.6. The fourth-order valence-corrected chi connectivity index (χ4v) is 2.80. The molecule has 9 nitrogen and oxygen atoms in total. The summed E-state index contributed by atoms with van der Waals surface area (Å²) in [6.45, 7) is 0. The van der Waals surface area contributed by atoms with Crippen molar-refractivity contribution in [3.05, 3.63) is 75.5 Å². The van der Waals surface area contributed by atoms with Crippen LogP contribution in [0.2, 0.25) is 0 Å². The number of para-hydroxylation sites is 1. The van der Waals surface area contributed by atoms with Crippen LogP contribution in [0.3, 0.4) is 0 Å². The van der Waals surface area contributed by atoms with E-state index >= 15 is 0 Å². The number of benzene rings is 2. The molecule has 3 rings (SSSR count). The van der Waals surface area contributed by atoms with Crippen molar-refractivity contribution in [3.63, 3.8) is 0 Å². The minimum Gasteiger partial charge on any atom is -0.465 e. The van der Waals surface area contributed by atoms with Gasteiger partial charge in [-0.15, -0.1) is 0 Å². The van der Waals surface area contributed by atoms with Gasteiger partial charge in [-0.05, 0) is 12.1 Å². The van der Waals surface area contributed by atoms with Gasteiger partial charge < -0.3 is 9.47 Å². The van der Waals surface area contributed by atoms with Crippen LogP contribution in [-0.2, 0) is 9.47 Å². The smallest absolute Gasteiger partial charge is 0.357 e. The van der Waals surface area contributed by atoms with Gasteiger partial charge in [-0.3, -0.25) is 10.1 Å². The van der Waals surface area contributed by atoms with Gasteiger partial charge in [0.05, 0.1) is 24.8 Å². The zero-order valence-electron chi connectivity index (χ0n) is 15.6. The lowest BCUT2D eigenvalue weighted by Crippen LogP contribution is -2.15. The summed E-state index contributed by atoms with van der Waals surface area (Å²) in [6, 6.07) is 8.93. The molecule has 0 aliphatic rings. The molecule has 0 amide bonds. The van der Waals surface area contributed by atoms with Crippen molar-refractivity contribution in [2.75, 3.05) is 14.2 Å². The number of carbonyl (C=O) groups excluding carboxylic acids is 2. The van der Waals surface area contributed by atoms with Crippen LogP contribution in [0.5, 0.6) is 0 Å². The first-order valence-electron chi connectivity index (χ1n) is 8.29. The van der Waals surface area contributed by atoms with Crippen molar-refractivity contribution in [3.8, 4) is 16.9 Å². The number of ether oxygens (including phenoxy) is 2. The molecule has 11 heteroatoms. The van der Waals surface area contributed by atoms with Crippen LogP contribution < -0.4 is 0 Å². The topological polar surface area (TPSA) is 114 Å². The van der Waals surface area contributed by atoms with E-state index in [-0.39, 0.29) is 0 Å². The highest BCUT2D eigenvalue weighted by Gasteiger charge is 2.33. The maximum absolute atomic E-state index is 14.6. The third-order valence-electron chi connectivity index (χ3n) is 4.14. The van der Waals surface area contributed by atoms with Gasteiger partial charge in [0, 0.05) is 17.7 Å². The molecule has 3 aromatic rings. The van der Waals surface area contributed by atoms with Crippen LogP contribution in [-0.4, -0.2) is 40.9 Å². The Morgan fingerprint density at radius 3 is 2.23 bits per heavy atom. The number of nitro benzene ring substituents is 1. The minimum absolute atomic E-state index is 0.299. The second-order valence-corrected chi connectivity index (χ2v) is 5.84. The van der Waals surface area contributed by atoms with Crippen molar-refractivity contribution in [1.29, 1.82) is 0 Å². The Bertz CT molecular complexity index is 1160. The summed E-state index contributed by atoms with van der Waals surface area (Å²) < 4.78 is 38.8. The predicted octanol–water partition coefficient (Wildman–Crippen LogP) is 3.30. The lowest BCUT2D eigenvalue weighted by molar-refractivity contribution is -0.387. The van der Waals surface area contributed by atoms with Gasteiger partial charge in [0.2, 0.25) is 5.82 Å². The molecule has 2 aromatic carbocycles. The van der Waals surface area contributed by atoms with Crippen molar-refractivity contribution < 1.29 is 32.8 Å². The van der Waals surface area contributed by atoms with E-state index in [0.29, 0.717) is 17.8 Å². The Morgan fingerprint density at radius 2 is 1.67 bits per heavy atom. The third-order valence-corrected chi connectivity index (χ3v) is 4.14. The SMILES string of the molecule is COC(=O)c1c(-c2cc([N+](=O)[O-])c(F)cc2F)nn(-c2ccccc2)c1C(=O)OC. The maximum atomic E-state index is 14.6. The number of nitrogens with zero attached hydrogens (tertiary/aromatic N) is 3.